The Morgan fingerprint density at radius 1 is 0.930 bits per heavy atom. The maximum atomic E-state index is 12.7. The Hall–Kier alpha value is -1.95. The molecular weight excluding hydrogens is 536 g/mol. The lowest BCUT2D eigenvalue weighted by molar-refractivity contribution is -0.207. The van der Waals surface area contributed by atoms with Crippen LogP contribution in [0.15, 0.2) is 18.2 Å². The summed E-state index contributed by atoms with van der Waals surface area (Å²) in [5.41, 5.74) is 13.6. The van der Waals surface area contributed by atoms with Gasteiger partial charge in [0.25, 0.3) is 0 Å². The Balaban J connectivity index is 1.07. The molecule has 9 unspecified atom stereocenters. The highest BCUT2D eigenvalue weighted by molar-refractivity contribution is 5.69. The number of fused-ring (bicyclic) bond motifs is 5. The zero-order chi connectivity index (χ0) is 30.8. The number of ether oxygens (including phenoxy) is 1. The van der Waals surface area contributed by atoms with E-state index in [1.54, 1.807) is 18.2 Å². The Bertz CT molecular complexity index is 1090. The molecule has 0 bridgehead atoms. The van der Waals surface area contributed by atoms with Crippen molar-refractivity contribution in [2.24, 2.45) is 52.3 Å². The number of rotatable bonds is 12. The fourth-order valence-electron chi connectivity index (χ4n) is 10.6. The standard InChI is InChI=1S/C37H60N2O4/c1-24(2)8-6-9-25(3)30-14-15-31-29-13-11-26-22-28(17-19-36(26,4)32(29)18-20-37(30,31)5)42-35(40)10-7-21-41-43-34-16-12-27(38)23-33(34)39/h12,16,23-26,28-32H,6-11,13-15,17-22,38-39H2,1-5H3. The van der Waals surface area contributed by atoms with Gasteiger partial charge in [0.05, 0.1) is 12.3 Å². The Morgan fingerprint density at radius 2 is 1.70 bits per heavy atom. The van der Waals surface area contributed by atoms with Gasteiger partial charge in [-0.05, 0) is 135 Å². The van der Waals surface area contributed by atoms with Crippen molar-refractivity contribution in [1.29, 1.82) is 0 Å². The molecule has 4 aliphatic rings. The quantitative estimate of drug-likeness (QED) is 0.0822. The first kappa shape index (κ1) is 32.4. The van der Waals surface area contributed by atoms with Crippen LogP contribution in [-0.4, -0.2) is 18.7 Å². The molecule has 4 fully saturated rings. The van der Waals surface area contributed by atoms with Crippen molar-refractivity contribution in [2.45, 2.75) is 131 Å². The second-order valence-electron chi connectivity index (χ2n) is 15.9. The molecule has 4 aliphatic carbocycles. The third-order valence-electron chi connectivity index (χ3n) is 12.9. The zero-order valence-electron chi connectivity index (χ0n) is 27.7. The highest BCUT2D eigenvalue weighted by atomic mass is 17.2. The molecule has 5 rings (SSSR count). The predicted octanol–water partition coefficient (Wildman–Crippen LogP) is 8.97. The Kier molecular flexibility index (Phi) is 10.2. The lowest BCUT2D eigenvalue weighted by Gasteiger charge is -2.61. The van der Waals surface area contributed by atoms with Gasteiger partial charge in [-0.1, -0.05) is 53.9 Å². The molecule has 0 saturated heterocycles. The molecule has 0 radical (unpaired) electrons. The number of nitrogen functional groups attached to an aromatic ring is 2. The number of carbonyl (C=O) groups is 1. The normalized spacial score (nSPS) is 36.0. The lowest BCUT2D eigenvalue weighted by Crippen LogP contribution is -2.54. The van der Waals surface area contributed by atoms with E-state index in [1.165, 1.54) is 64.2 Å². The summed E-state index contributed by atoms with van der Waals surface area (Å²) < 4.78 is 6.02. The SMILES string of the molecule is CC(C)CCCC(C)C1CCC2C3CCC4CC(OC(=O)CCCOOc5ccc(N)cc5N)CCC4(C)C3CCC12C. The van der Waals surface area contributed by atoms with Crippen LogP contribution in [0.2, 0.25) is 0 Å². The summed E-state index contributed by atoms with van der Waals surface area (Å²) >= 11 is 0. The van der Waals surface area contributed by atoms with Crippen LogP contribution in [-0.2, 0) is 14.4 Å². The minimum Gasteiger partial charge on any atom is -0.462 e. The molecule has 1 aromatic carbocycles. The molecule has 0 amide bonds. The number of hydrogen-bond donors (Lipinski definition) is 2. The first-order chi connectivity index (χ1) is 20.5. The van der Waals surface area contributed by atoms with Gasteiger partial charge in [0.1, 0.15) is 6.10 Å². The maximum Gasteiger partial charge on any atom is 0.306 e. The van der Waals surface area contributed by atoms with Crippen molar-refractivity contribution in [3.05, 3.63) is 18.2 Å². The second kappa shape index (κ2) is 13.6. The summed E-state index contributed by atoms with van der Waals surface area (Å²) in [6, 6.07) is 5.01. The number of carbonyl (C=O) groups excluding carboxylic acids is 1. The van der Waals surface area contributed by atoms with E-state index in [9.17, 15) is 4.79 Å². The van der Waals surface area contributed by atoms with Gasteiger partial charge in [0.2, 0.25) is 0 Å². The van der Waals surface area contributed by atoms with Crippen LogP contribution in [0.1, 0.15) is 125 Å². The summed E-state index contributed by atoms with van der Waals surface area (Å²) in [4.78, 5) is 23.2. The third kappa shape index (κ3) is 6.99. The average Bonchev–Trinajstić information content (AvgIpc) is 3.31. The number of hydrogen-bond acceptors (Lipinski definition) is 6. The van der Waals surface area contributed by atoms with E-state index in [2.05, 4.69) is 34.6 Å². The zero-order valence-corrected chi connectivity index (χ0v) is 27.7. The van der Waals surface area contributed by atoms with Gasteiger partial charge in [-0.15, -0.1) is 0 Å². The average molecular weight is 597 g/mol. The summed E-state index contributed by atoms with van der Waals surface area (Å²) in [6.45, 7) is 12.9. The summed E-state index contributed by atoms with van der Waals surface area (Å²) in [5.74, 6) is 6.26. The summed E-state index contributed by atoms with van der Waals surface area (Å²) in [6.07, 6.45) is 16.8. The van der Waals surface area contributed by atoms with Crippen LogP contribution in [0.25, 0.3) is 0 Å². The van der Waals surface area contributed by atoms with Crippen molar-refractivity contribution < 1.29 is 19.3 Å². The van der Waals surface area contributed by atoms with Crippen LogP contribution in [0, 0.1) is 52.3 Å². The summed E-state index contributed by atoms with van der Waals surface area (Å²) in [7, 11) is 0. The van der Waals surface area contributed by atoms with Crippen LogP contribution < -0.4 is 16.4 Å². The van der Waals surface area contributed by atoms with Gasteiger partial charge in [0, 0.05) is 12.1 Å². The van der Waals surface area contributed by atoms with Crippen molar-refractivity contribution in [1.82, 2.24) is 0 Å². The van der Waals surface area contributed by atoms with E-state index >= 15 is 0 Å². The Morgan fingerprint density at radius 3 is 2.47 bits per heavy atom. The van der Waals surface area contributed by atoms with E-state index in [1.807, 2.05) is 0 Å². The van der Waals surface area contributed by atoms with E-state index < -0.39 is 0 Å². The van der Waals surface area contributed by atoms with Gasteiger partial charge >= 0.3 is 5.97 Å². The molecule has 1 aromatic rings. The highest BCUT2D eigenvalue weighted by Gasteiger charge is 2.60. The fraction of sp³-hybridized carbons (Fsp3) is 0.811. The molecule has 4 N–H and O–H groups in total. The monoisotopic (exact) mass is 596 g/mol. The topological polar surface area (TPSA) is 96.8 Å². The van der Waals surface area contributed by atoms with E-state index in [0.29, 0.717) is 53.3 Å². The smallest absolute Gasteiger partial charge is 0.306 e. The molecule has 0 heterocycles. The summed E-state index contributed by atoms with van der Waals surface area (Å²) in [5, 5.41) is 0. The van der Waals surface area contributed by atoms with Crippen molar-refractivity contribution in [2.75, 3.05) is 18.1 Å². The van der Waals surface area contributed by atoms with Crippen molar-refractivity contribution in [3.8, 4) is 5.75 Å². The van der Waals surface area contributed by atoms with Crippen LogP contribution in [0.5, 0.6) is 5.75 Å². The maximum absolute atomic E-state index is 12.7. The first-order valence-corrected chi connectivity index (χ1v) is 17.6. The number of benzene rings is 1. The number of nitrogens with two attached hydrogens (primary N) is 2. The third-order valence-corrected chi connectivity index (χ3v) is 12.9. The van der Waals surface area contributed by atoms with Crippen molar-refractivity contribution in [3.63, 3.8) is 0 Å². The largest absolute Gasteiger partial charge is 0.462 e. The van der Waals surface area contributed by atoms with Gasteiger partial charge in [-0.25, -0.2) is 0 Å². The van der Waals surface area contributed by atoms with Gasteiger partial charge in [-0.2, -0.15) is 4.89 Å². The molecule has 6 nitrogen and oxygen atoms in total. The minimum absolute atomic E-state index is 0.0604. The second-order valence-corrected chi connectivity index (χ2v) is 15.9. The van der Waals surface area contributed by atoms with Gasteiger partial charge in [-0.3, -0.25) is 4.79 Å². The first-order valence-electron chi connectivity index (χ1n) is 17.6. The lowest BCUT2D eigenvalue weighted by atomic mass is 9.44. The van der Waals surface area contributed by atoms with Crippen molar-refractivity contribution >= 4 is 17.3 Å². The molecule has 6 heteroatoms. The number of esters is 1. The minimum atomic E-state index is -0.120. The molecule has 0 aliphatic heterocycles. The molecule has 9 atom stereocenters. The molecule has 0 spiro atoms. The molecule has 242 valence electrons. The number of anilines is 2. The van der Waals surface area contributed by atoms with Gasteiger partial charge < -0.3 is 21.1 Å². The molecule has 4 saturated carbocycles. The van der Waals surface area contributed by atoms with Crippen LogP contribution in [0.3, 0.4) is 0 Å². The molecule has 0 aromatic heterocycles. The van der Waals surface area contributed by atoms with E-state index in [0.717, 1.165) is 48.3 Å². The predicted molar refractivity (Wildman–Crippen MR) is 174 cm³/mol. The van der Waals surface area contributed by atoms with Crippen LogP contribution in [0.4, 0.5) is 11.4 Å². The van der Waals surface area contributed by atoms with Gasteiger partial charge in [0.15, 0.2) is 5.75 Å². The van der Waals surface area contributed by atoms with Crippen LogP contribution >= 0.6 is 0 Å². The Labute approximate surface area is 261 Å². The highest BCUT2D eigenvalue weighted by Crippen LogP contribution is 2.68. The van der Waals surface area contributed by atoms with E-state index in [4.69, 9.17) is 26.0 Å². The molecule has 43 heavy (non-hydrogen) atoms. The van der Waals surface area contributed by atoms with E-state index in [-0.39, 0.29) is 12.1 Å². The fourth-order valence-corrected chi connectivity index (χ4v) is 10.6. The molecular formula is C37H60N2O4.